The van der Waals surface area contributed by atoms with Gasteiger partial charge in [-0.05, 0) is 41.5 Å². The Labute approximate surface area is 111 Å². The fourth-order valence-electron chi connectivity index (χ4n) is 1.06. The summed E-state index contributed by atoms with van der Waals surface area (Å²) < 4.78 is 6.59. The third-order valence-electron chi connectivity index (χ3n) is 1.72. The molecule has 17 heavy (non-hydrogen) atoms. The van der Waals surface area contributed by atoms with Crippen molar-refractivity contribution in [2.24, 2.45) is 7.05 Å². The summed E-state index contributed by atoms with van der Waals surface area (Å²) in [6.07, 6.45) is 3.52. The molecule has 1 aromatic heterocycles. The minimum Gasteiger partial charge on any atom is -0.462 e. The third-order valence-corrected chi connectivity index (χ3v) is 2.75. The summed E-state index contributed by atoms with van der Waals surface area (Å²) in [5.41, 5.74) is 0.291. The molecule has 0 N–H and O–H groups in total. The Balaban J connectivity index is 0.00000121. The average molecular weight is 278 g/mol. The zero-order valence-corrected chi connectivity index (χ0v) is 12.4. The van der Waals surface area contributed by atoms with E-state index in [1.54, 1.807) is 24.7 Å². The Morgan fingerprint density at radius 2 is 2.18 bits per heavy atom. The zero-order valence-electron chi connectivity index (χ0n) is 10.8. The summed E-state index contributed by atoms with van der Waals surface area (Å²) in [6, 6.07) is 0. The van der Waals surface area contributed by atoms with Crippen molar-refractivity contribution in [3.05, 3.63) is 16.9 Å². The minimum atomic E-state index is -0.446. The largest absolute Gasteiger partial charge is 0.462 e. The molecule has 0 saturated heterocycles. The number of ether oxygens (including phenoxy) is 1. The van der Waals surface area contributed by atoms with Gasteiger partial charge in [0.25, 0.3) is 5.15 Å². The first-order valence-electron chi connectivity index (χ1n) is 5.37. The fourth-order valence-corrected chi connectivity index (χ4v) is 1.84. The Kier molecular flexibility index (Phi) is 7.91. The van der Waals surface area contributed by atoms with Crippen molar-refractivity contribution in [3.8, 4) is 0 Å². The van der Waals surface area contributed by atoms with Gasteiger partial charge < -0.3 is 4.74 Å². The standard InChI is InChI=1S/C9H12ClN2O2S.C2H6/c1-4-14-8(13)6-5-12(2)9(15-3)11-7(6)10;1-2/h5H,4H2,1-3H3;1-2H3/q+1;. The maximum atomic E-state index is 11.5. The van der Waals surface area contributed by atoms with Crippen molar-refractivity contribution in [1.82, 2.24) is 4.98 Å². The minimum absolute atomic E-state index is 0.177. The van der Waals surface area contributed by atoms with E-state index in [0.717, 1.165) is 5.16 Å². The van der Waals surface area contributed by atoms with E-state index in [2.05, 4.69) is 4.98 Å². The van der Waals surface area contributed by atoms with E-state index in [0.29, 0.717) is 12.2 Å². The molecule has 1 aromatic rings. The highest BCUT2D eigenvalue weighted by molar-refractivity contribution is 7.98. The Morgan fingerprint density at radius 3 is 2.65 bits per heavy atom. The Morgan fingerprint density at radius 1 is 1.59 bits per heavy atom. The number of halogens is 1. The van der Waals surface area contributed by atoms with Crippen LogP contribution in [0.5, 0.6) is 0 Å². The lowest BCUT2D eigenvalue weighted by molar-refractivity contribution is -0.713. The summed E-state index contributed by atoms with van der Waals surface area (Å²) in [5, 5.41) is 0.920. The van der Waals surface area contributed by atoms with E-state index in [-0.39, 0.29) is 5.15 Å². The number of rotatable bonds is 3. The lowest BCUT2D eigenvalue weighted by Gasteiger charge is -2.02. The van der Waals surface area contributed by atoms with Crippen LogP contribution in [0, 0.1) is 0 Å². The number of hydrogen-bond acceptors (Lipinski definition) is 4. The van der Waals surface area contributed by atoms with Gasteiger partial charge in [0.05, 0.1) is 13.7 Å². The zero-order chi connectivity index (χ0) is 13.4. The molecule has 96 valence electrons. The van der Waals surface area contributed by atoms with Gasteiger partial charge >= 0.3 is 11.1 Å². The van der Waals surface area contributed by atoms with Crippen LogP contribution in [-0.4, -0.2) is 23.8 Å². The van der Waals surface area contributed by atoms with E-state index in [4.69, 9.17) is 16.3 Å². The first-order valence-corrected chi connectivity index (χ1v) is 6.97. The molecule has 1 heterocycles. The predicted octanol–water partition coefficient (Wildman–Crippen LogP) is 2.48. The lowest BCUT2D eigenvalue weighted by Crippen LogP contribution is -2.33. The fraction of sp³-hybridized carbons (Fsp3) is 0.545. The molecule has 0 aliphatic carbocycles. The molecule has 0 unspecified atom stereocenters. The van der Waals surface area contributed by atoms with Crippen molar-refractivity contribution >= 4 is 29.3 Å². The van der Waals surface area contributed by atoms with E-state index in [1.807, 2.05) is 20.1 Å². The van der Waals surface area contributed by atoms with Gasteiger partial charge in [0.2, 0.25) is 0 Å². The topological polar surface area (TPSA) is 43.1 Å². The van der Waals surface area contributed by atoms with Crippen molar-refractivity contribution in [3.63, 3.8) is 0 Å². The average Bonchev–Trinajstić information content (AvgIpc) is 2.34. The summed E-state index contributed by atoms with van der Waals surface area (Å²) in [6.45, 7) is 6.07. The molecular formula is C11H18ClN2O2S+. The second kappa shape index (κ2) is 8.31. The summed E-state index contributed by atoms with van der Waals surface area (Å²) in [4.78, 5) is 15.5. The van der Waals surface area contributed by atoms with Crippen molar-refractivity contribution in [2.75, 3.05) is 12.9 Å². The molecule has 6 heteroatoms. The van der Waals surface area contributed by atoms with E-state index >= 15 is 0 Å². The van der Waals surface area contributed by atoms with E-state index in [9.17, 15) is 4.79 Å². The molecule has 0 fully saturated rings. The van der Waals surface area contributed by atoms with Crippen LogP contribution < -0.4 is 4.57 Å². The molecule has 0 amide bonds. The molecular weight excluding hydrogens is 260 g/mol. The summed E-state index contributed by atoms with van der Waals surface area (Å²) >= 11 is 7.33. The molecule has 0 aromatic carbocycles. The van der Waals surface area contributed by atoms with Gasteiger partial charge in [-0.15, -0.1) is 0 Å². The monoisotopic (exact) mass is 277 g/mol. The second-order valence-corrected chi connectivity index (χ2v) is 3.89. The molecule has 0 bridgehead atoms. The molecule has 0 saturated carbocycles. The van der Waals surface area contributed by atoms with Gasteiger partial charge in [-0.25, -0.2) is 9.36 Å². The summed E-state index contributed by atoms with van der Waals surface area (Å²) in [7, 11) is 1.80. The van der Waals surface area contributed by atoms with Crippen LogP contribution in [0.1, 0.15) is 31.1 Å². The molecule has 0 aliphatic rings. The molecule has 0 spiro atoms. The number of carbonyl (C=O) groups excluding carboxylic acids is 1. The molecule has 1 rings (SSSR count). The van der Waals surface area contributed by atoms with Crippen LogP contribution in [0.3, 0.4) is 0 Å². The lowest BCUT2D eigenvalue weighted by atomic mass is 10.3. The van der Waals surface area contributed by atoms with Crippen molar-refractivity contribution in [2.45, 2.75) is 25.9 Å². The van der Waals surface area contributed by atoms with Crippen LogP contribution >= 0.6 is 23.4 Å². The third kappa shape index (κ3) is 4.52. The van der Waals surface area contributed by atoms with E-state index < -0.39 is 5.97 Å². The Bertz CT molecular complexity index is 386. The second-order valence-electron chi connectivity index (χ2n) is 2.76. The SMILES string of the molecule is CC.CCOC(=O)c1c[n+](C)c(SC)nc1Cl. The van der Waals surface area contributed by atoms with Gasteiger partial charge in [0.15, 0.2) is 5.56 Å². The molecule has 4 nitrogen and oxygen atoms in total. The van der Waals surface area contributed by atoms with Crippen molar-refractivity contribution in [1.29, 1.82) is 0 Å². The van der Waals surface area contributed by atoms with Crippen LogP contribution in [0.15, 0.2) is 11.4 Å². The number of nitrogens with zero attached hydrogens (tertiary/aromatic N) is 2. The van der Waals surface area contributed by atoms with Gasteiger partial charge in [-0.2, -0.15) is 0 Å². The number of thioether (sulfide) groups is 1. The highest BCUT2D eigenvalue weighted by atomic mass is 35.5. The van der Waals surface area contributed by atoms with Gasteiger partial charge in [0.1, 0.15) is 6.20 Å². The maximum absolute atomic E-state index is 11.5. The van der Waals surface area contributed by atoms with Gasteiger partial charge in [0, 0.05) is 0 Å². The van der Waals surface area contributed by atoms with Gasteiger partial charge in [-0.1, -0.05) is 13.8 Å². The number of aryl methyl sites for hydroxylation is 1. The first-order chi connectivity index (χ1) is 8.10. The predicted molar refractivity (Wildman–Crippen MR) is 69.5 cm³/mol. The normalized spacial score (nSPS) is 9.29. The number of aromatic nitrogens is 2. The number of carbonyl (C=O) groups is 1. The van der Waals surface area contributed by atoms with E-state index in [1.165, 1.54) is 11.8 Å². The highest BCUT2D eigenvalue weighted by Crippen LogP contribution is 2.15. The van der Waals surface area contributed by atoms with Crippen LogP contribution in [0.4, 0.5) is 0 Å². The van der Waals surface area contributed by atoms with Crippen LogP contribution in [0.2, 0.25) is 5.15 Å². The van der Waals surface area contributed by atoms with Gasteiger partial charge in [-0.3, -0.25) is 0 Å². The smallest absolute Gasteiger partial charge is 0.360 e. The molecule has 0 aliphatic heterocycles. The van der Waals surface area contributed by atoms with Crippen LogP contribution in [0.25, 0.3) is 0 Å². The maximum Gasteiger partial charge on any atom is 0.360 e. The number of esters is 1. The van der Waals surface area contributed by atoms with Crippen molar-refractivity contribution < 1.29 is 14.1 Å². The van der Waals surface area contributed by atoms with Crippen LogP contribution in [-0.2, 0) is 11.8 Å². The highest BCUT2D eigenvalue weighted by Gasteiger charge is 2.21. The number of hydrogen-bond donors (Lipinski definition) is 0. The molecule has 0 radical (unpaired) electrons. The Hall–Kier alpha value is -0.810. The quantitative estimate of drug-likeness (QED) is 0.280. The molecule has 0 atom stereocenters. The first kappa shape index (κ1) is 16.2. The summed E-state index contributed by atoms with van der Waals surface area (Å²) in [5.74, 6) is -0.446.